The number of esters is 1. The Bertz CT molecular complexity index is 517. The zero-order valence-electron chi connectivity index (χ0n) is 12.0. The number of hydrogen-bond donors (Lipinski definition) is 0. The molecule has 0 aliphatic heterocycles. The summed E-state index contributed by atoms with van der Waals surface area (Å²) in [4.78, 5) is 28.4. The van der Waals surface area contributed by atoms with Crippen LogP contribution < -0.4 is 0 Å². The van der Waals surface area contributed by atoms with E-state index in [1.165, 1.54) is 18.3 Å². The molecule has 0 amide bonds. The summed E-state index contributed by atoms with van der Waals surface area (Å²) in [5.41, 5.74) is -0.317. The molecule has 1 saturated carbocycles. The molecule has 0 bridgehead atoms. The lowest BCUT2D eigenvalue weighted by Crippen LogP contribution is -2.24. The number of carbonyl (C=O) groups excluding carboxylic acids is 2. The minimum Gasteiger partial charge on any atom is -0.461 e. The molecule has 110 valence electrons. The van der Waals surface area contributed by atoms with Crippen LogP contribution in [0, 0.1) is 0 Å². The number of hydrogen-bond acceptors (Lipinski definition) is 6. The Morgan fingerprint density at radius 3 is 2.50 bits per heavy atom. The lowest BCUT2D eigenvalue weighted by atomic mass is 10.0. The zero-order chi connectivity index (χ0) is 14.8. The fraction of sp³-hybridized carbons (Fsp3) is 0.643. The maximum absolute atomic E-state index is 11.9. The molecular weight excluding hydrogens is 278 g/mol. The van der Waals surface area contributed by atoms with Crippen LogP contribution in [0.3, 0.4) is 0 Å². The van der Waals surface area contributed by atoms with Crippen LogP contribution >= 0.6 is 11.3 Å². The molecule has 0 radical (unpaired) electrons. The molecule has 1 aliphatic rings. The third-order valence-electron chi connectivity index (χ3n) is 3.61. The first-order valence-corrected chi connectivity index (χ1v) is 7.60. The molecule has 1 aromatic heterocycles. The number of thiazole rings is 1. The van der Waals surface area contributed by atoms with Gasteiger partial charge in [-0.25, -0.2) is 9.78 Å². The summed E-state index contributed by atoms with van der Waals surface area (Å²) >= 11 is 1.26. The van der Waals surface area contributed by atoms with Gasteiger partial charge in [-0.2, -0.15) is 0 Å². The van der Waals surface area contributed by atoms with Crippen molar-refractivity contribution in [2.24, 2.45) is 0 Å². The fourth-order valence-electron chi connectivity index (χ4n) is 2.54. The Hall–Kier alpha value is -1.27. The van der Waals surface area contributed by atoms with Crippen molar-refractivity contribution in [2.75, 3.05) is 13.7 Å². The SMILES string of the molecule is CCOC(=O)c1nc(C2(OC)CCCC2)sc1C(C)=O. The van der Waals surface area contributed by atoms with Gasteiger partial charge in [-0.3, -0.25) is 4.79 Å². The van der Waals surface area contributed by atoms with Crippen LogP contribution in [0.15, 0.2) is 0 Å². The highest BCUT2D eigenvalue weighted by atomic mass is 32.1. The minimum atomic E-state index is -0.538. The third kappa shape index (κ3) is 2.62. The van der Waals surface area contributed by atoms with Gasteiger partial charge in [0.1, 0.15) is 15.5 Å². The van der Waals surface area contributed by atoms with Gasteiger partial charge in [0.2, 0.25) is 0 Å². The van der Waals surface area contributed by atoms with Crippen LogP contribution in [0.5, 0.6) is 0 Å². The van der Waals surface area contributed by atoms with Crippen molar-refractivity contribution < 1.29 is 19.1 Å². The number of ketones is 1. The molecule has 1 aliphatic carbocycles. The van der Waals surface area contributed by atoms with Crippen LogP contribution in [0.1, 0.15) is 64.7 Å². The van der Waals surface area contributed by atoms with Gasteiger partial charge in [0.05, 0.1) is 6.61 Å². The molecule has 0 spiro atoms. The maximum atomic E-state index is 11.9. The summed E-state index contributed by atoms with van der Waals surface area (Å²) in [5, 5.41) is 0.714. The molecule has 6 heteroatoms. The predicted molar refractivity (Wildman–Crippen MR) is 75.2 cm³/mol. The second-order valence-corrected chi connectivity index (χ2v) is 5.88. The van der Waals surface area contributed by atoms with E-state index in [-0.39, 0.29) is 18.1 Å². The van der Waals surface area contributed by atoms with Gasteiger partial charge in [0, 0.05) is 14.0 Å². The Morgan fingerprint density at radius 1 is 1.35 bits per heavy atom. The highest BCUT2D eigenvalue weighted by molar-refractivity contribution is 7.14. The molecular formula is C14H19NO4S. The van der Waals surface area contributed by atoms with Crippen molar-refractivity contribution in [1.29, 1.82) is 0 Å². The molecule has 20 heavy (non-hydrogen) atoms. The lowest BCUT2D eigenvalue weighted by Gasteiger charge is -2.24. The van der Waals surface area contributed by atoms with Gasteiger partial charge in [-0.15, -0.1) is 11.3 Å². The van der Waals surface area contributed by atoms with Crippen LogP contribution in [0.4, 0.5) is 0 Å². The molecule has 0 unspecified atom stereocenters. The molecule has 0 atom stereocenters. The quantitative estimate of drug-likeness (QED) is 0.617. The molecule has 1 fully saturated rings. The molecule has 0 aromatic carbocycles. The van der Waals surface area contributed by atoms with Crippen molar-refractivity contribution in [3.05, 3.63) is 15.6 Å². The van der Waals surface area contributed by atoms with E-state index in [4.69, 9.17) is 9.47 Å². The van der Waals surface area contributed by atoms with E-state index in [9.17, 15) is 9.59 Å². The average molecular weight is 297 g/mol. The first-order chi connectivity index (χ1) is 9.54. The monoisotopic (exact) mass is 297 g/mol. The Balaban J connectivity index is 2.43. The molecule has 1 aromatic rings. The number of ether oxygens (including phenoxy) is 2. The molecule has 0 saturated heterocycles. The highest BCUT2D eigenvalue weighted by Gasteiger charge is 2.40. The van der Waals surface area contributed by atoms with E-state index in [2.05, 4.69) is 4.98 Å². The van der Waals surface area contributed by atoms with Gasteiger partial charge in [0.15, 0.2) is 11.5 Å². The number of rotatable bonds is 5. The van der Waals surface area contributed by atoms with Crippen molar-refractivity contribution in [3.8, 4) is 0 Å². The van der Waals surface area contributed by atoms with Crippen LogP contribution in [0.25, 0.3) is 0 Å². The van der Waals surface area contributed by atoms with Crippen LogP contribution in [-0.2, 0) is 15.1 Å². The summed E-state index contributed by atoms with van der Waals surface area (Å²) in [6, 6.07) is 0. The average Bonchev–Trinajstić information content (AvgIpc) is 3.06. The first-order valence-electron chi connectivity index (χ1n) is 6.78. The standard InChI is InChI=1S/C14H19NO4S/c1-4-19-12(17)10-11(9(2)16)20-13(15-10)14(18-3)7-5-6-8-14/h4-8H2,1-3H3. The van der Waals surface area contributed by atoms with E-state index in [1.807, 2.05) is 0 Å². The smallest absolute Gasteiger partial charge is 0.358 e. The minimum absolute atomic E-state index is 0.127. The van der Waals surface area contributed by atoms with Gasteiger partial charge in [-0.1, -0.05) is 12.8 Å². The summed E-state index contributed by atoms with van der Waals surface area (Å²) in [5.74, 6) is -0.703. The fourth-order valence-corrected chi connectivity index (χ4v) is 3.72. The Morgan fingerprint density at radius 2 is 2.00 bits per heavy atom. The largest absolute Gasteiger partial charge is 0.461 e. The number of Topliss-reactive ketones (excluding diaryl/α,β-unsaturated/α-hetero) is 1. The van der Waals surface area contributed by atoms with E-state index in [0.717, 1.165) is 25.7 Å². The Kier molecular flexibility index (Phi) is 4.55. The normalized spacial score (nSPS) is 17.1. The molecule has 2 rings (SSSR count). The zero-order valence-corrected chi connectivity index (χ0v) is 12.8. The van der Waals surface area contributed by atoms with E-state index >= 15 is 0 Å². The number of aromatic nitrogens is 1. The second kappa shape index (κ2) is 6.01. The summed E-state index contributed by atoms with van der Waals surface area (Å²) in [6.07, 6.45) is 3.88. The first kappa shape index (κ1) is 15.1. The number of carbonyl (C=O) groups is 2. The number of nitrogens with zero attached hydrogens (tertiary/aromatic N) is 1. The third-order valence-corrected chi connectivity index (χ3v) is 4.95. The molecule has 5 nitrogen and oxygen atoms in total. The summed E-state index contributed by atoms with van der Waals surface area (Å²) in [7, 11) is 1.66. The van der Waals surface area contributed by atoms with E-state index < -0.39 is 11.6 Å². The molecule has 1 heterocycles. The highest BCUT2D eigenvalue weighted by Crippen LogP contribution is 2.43. The predicted octanol–water partition coefficient (Wildman–Crippen LogP) is 2.94. The van der Waals surface area contributed by atoms with Gasteiger partial charge < -0.3 is 9.47 Å². The van der Waals surface area contributed by atoms with E-state index in [1.54, 1.807) is 14.0 Å². The van der Waals surface area contributed by atoms with Crippen LogP contribution in [-0.4, -0.2) is 30.5 Å². The number of methoxy groups -OCH3 is 1. The van der Waals surface area contributed by atoms with Crippen molar-refractivity contribution >= 4 is 23.1 Å². The van der Waals surface area contributed by atoms with Gasteiger partial charge >= 0.3 is 5.97 Å². The topological polar surface area (TPSA) is 65.5 Å². The van der Waals surface area contributed by atoms with Crippen LogP contribution in [0.2, 0.25) is 0 Å². The molecule has 0 N–H and O–H groups in total. The second-order valence-electron chi connectivity index (χ2n) is 4.88. The van der Waals surface area contributed by atoms with Crippen molar-refractivity contribution in [3.63, 3.8) is 0 Å². The summed E-state index contributed by atoms with van der Waals surface area (Å²) in [6.45, 7) is 3.43. The van der Waals surface area contributed by atoms with Gasteiger partial charge in [0.25, 0.3) is 0 Å². The van der Waals surface area contributed by atoms with Crippen molar-refractivity contribution in [1.82, 2.24) is 4.98 Å². The van der Waals surface area contributed by atoms with E-state index in [0.29, 0.717) is 9.88 Å². The lowest BCUT2D eigenvalue weighted by molar-refractivity contribution is -0.00901. The Labute approximate surface area is 122 Å². The maximum Gasteiger partial charge on any atom is 0.358 e. The van der Waals surface area contributed by atoms with Crippen molar-refractivity contribution in [2.45, 2.75) is 45.1 Å². The summed E-state index contributed by atoms with van der Waals surface area (Å²) < 4.78 is 10.6. The van der Waals surface area contributed by atoms with Gasteiger partial charge in [-0.05, 0) is 19.8 Å².